The smallest absolute Gasteiger partial charge is 0.289 e. The highest BCUT2D eigenvalue weighted by molar-refractivity contribution is 5.60. The predicted octanol–water partition coefficient (Wildman–Crippen LogP) is 2.21. The lowest BCUT2D eigenvalue weighted by Crippen LogP contribution is -2.39. The number of nitro groups is 1. The van der Waals surface area contributed by atoms with Crippen LogP contribution >= 0.6 is 0 Å². The quantitative estimate of drug-likeness (QED) is 0.672. The van der Waals surface area contributed by atoms with E-state index in [0.717, 1.165) is 25.7 Å². The topological polar surface area (TPSA) is 90.4 Å². The number of aliphatic hydroxyl groups is 1. The second kappa shape index (κ2) is 5.47. The fourth-order valence-corrected chi connectivity index (χ4v) is 2.73. The molecule has 0 amide bonds. The summed E-state index contributed by atoms with van der Waals surface area (Å²) in [5, 5.41) is 30.2. The molecule has 1 aliphatic carbocycles. The third-order valence-corrected chi connectivity index (χ3v) is 3.80. The predicted molar refractivity (Wildman–Crippen MR) is 74.5 cm³/mol. The van der Waals surface area contributed by atoms with Gasteiger partial charge in [-0.05, 0) is 25.0 Å². The van der Waals surface area contributed by atoms with Crippen molar-refractivity contribution in [1.82, 2.24) is 0 Å². The lowest BCUT2D eigenvalue weighted by molar-refractivity contribution is -0.385. The molecule has 2 rings (SSSR count). The van der Waals surface area contributed by atoms with Gasteiger partial charge in [-0.2, -0.15) is 5.26 Å². The van der Waals surface area contributed by atoms with Gasteiger partial charge in [0.25, 0.3) is 5.69 Å². The molecule has 0 heterocycles. The Labute approximate surface area is 117 Å². The standard InChI is InChI=1S/C14H17N3O3/c1-16(10-14(18)6-2-3-7-14)12-5-4-11(9-15)13(8-12)17(19)20/h4-5,8,18H,2-3,6-7,10H2,1H3. The van der Waals surface area contributed by atoms with Crippen LogP contribution in [-0.4, -0.2) is 29.2 Å². The summed E-state index contributed by atoms with van der Waals surface area (Å²) in [6.07, 6.45) is 3.54. The Balaban J connectivity index is 2.22. The van der Waals surface area contributed by atoms with Crippen LogP contribution in [0, 0.1) is 21.4 Å². The monoisotopic (exact) mass is 275 g/mol. The highest BCUT2D eigenvalue weighted by Crippen LogP contribution is 2.32. The third-order valence-electron chi connectivity index (χ3n) is 3.80. The van der Waals surface area contributed by atoms with E-state index in [9.17, 15) is 15.2 Å². The van der Waals surface area contributed by atoms with E-state index in [1.54, 1.807) is 18.0 Å². The molecule has 106 valence electrons. The maximum Gasteiger partial charge on any atom is 0.289 e. The summed E-state index contributed by atoms with van der Waals surface area (Å²) in [5.74, 6) is 0. The summed E-state index contributed by atoms with van der Waals surface area (Å²) >= 11 is 0. The number of nitriles is 1. The first-order valence-corrected chi connectivity index (χ1v) is 6.57. The van der Waals surface area contributed by atoms with Crippen molar-refractivity contribution in [3.63, 3.8) is 0 Å². The molecular formula is C14H17N3O3. The van der Waals surface area contributed by atoms with Gasteiger partial charge in [-0.25, -0.2) is 0 Å². The van der Waals surface area contributed by atoms with Gasteiger partial charge in [-0.15, -0.1) is 0 Å². The first-order chi connectivity index (χ1) is 9.45. The number of nitrogens with zero attached hydrogens (tertiary/aromatic N) is 3. The van der Waals surface area contributed by atoms with Crippen molar-refractivity contribution in [3.8, 4) is 6.07 Å². The largest absolute Gasteiger partial charge is 0.388 e. The van der Waals surface area contributed by atoms with E-state index in [1.165, 1.54) is 12.1 Å². The van der Waals surface area contributed by atoms with Crippen LogP contribution in [0.5, 0.6) is 0 Å². The van der Waals surface area contributed by atoms with Gasteiger partial charge < -0.3 is 10.0 Å². The van der Waals surface area contributed by atoms with E-state index in [0.29, 0.717) is 12.2 Å². The molecule has 1 aromatic carbocycles. The molecule has 6 nitrogen and oxygen atoms in total. The highest BCUT2D eigenvalue weighted by Gasteiger charge is 2.32. The second-order valence-electron chi connectivity index (χ2n) is 5.36. The van der Waals surface area contributed by atoms with Crippen molar-refractivity contribution >= 4 is 11.4 Å². The minimum absolute atomic E-state index is 0.0479. The molecule has 0 spiro atoms. The van der Waals surface area contributed by atoms with Gasteiger partial charge >= 0.3 is 0 Å². The zero-order valence-electron chi connectivity index (χ0n) is 11.4. The normalized spacial score (nSPS) is 16.6. The summed E-state index contributed by atoms with van der Waals surface area (Å²) < 4.78 is 0. The average Bonchev–Trinajstić information content (AvgIpc) is 2.84. The molecule has 1 fully saturated rings. The number of likely N-dealkylation sites (N-methyl/N-ethyl adjacent to an activating group) is 1. The molecule has 0 bridgehead atoms. The summed E-state index contributed by atoms with van der Waals surface area (Å²) in [6.45, 7) is 0.441. The van der Waals surface area contributed by atoms with Crippen LogP contribution < -0.4 is 4.90 Å². The fourth-order valence-electron chi connectivity index (χ4n) is 2.73. The number of benzene rings is 1. The molecule has 1 aliphatic rings. The Hall–Kier alpha value is -2.13. The van der Waals surface area contributed by atoms with Gasteiger partial charge in [0.1, 0.15) is 11.6 Å². The van der Waals surface area contributed by atoms with Crippen molar-refractivity contribution in [2.45, 2.75) is 31.3 Å². The second-order valence-corrected chi connectivity index (χ2v) is 5.36. The number of hydrogen-bond acceptors (Lipinski definition) is 5. The van der Waals surface area contributed by atoms with Crippen molar-refractivity contribution < 1.29 is 10.0 Å². The first-order valence-electron chi connectivity index (χ1n) is 6.57. The van der Waals surface area contributed by atoms with E-state index < -0.39 is 10.5 Å². The van der Waals surface area contributed by atoms with E-state index in [2.05, 4.69) is 0 Å². The summed E-state index contributed by atoms with van der Waals surface area (Å²) in [7, 11) is 1.79. The van der Waals surface area contributed by atoms with Crippen molar-refractivity contribution in [2.75, 3.05) is 18.5 Å². The number of anilines is 1. The Morgan fingerprint density at radius 3 is 2.70 bits per heavy atom. The Kier molecular flexibility index (Phi) is 3.91. The summed E-state index contributed by atoms with van der Waals surface area (Å²) in [4.78, 5) is 12.2. The zero-order chi connectivity index (χ0) is 14.8. The minimum Gasteiger partial charge on any atom is -0.388 e. The van der Waals surface area contributed by atoms with Crippen molar-refractivity contribution in [1.29, 1.82) is 5.26 Å². The lowest BCUT2D eigenvalue weighted by atomic mass is 10.0. The average molecular weight is 275 g/mol. The molecule has 0 aromatic heterocycles. The Bertz CT molecular complexity index is 559. The van der Waals surface area contributed by atoms with E-state index >= 15 is 0 Å². The van der Waals surface area contributed by atoms with Crippen LogP contribution in [0.25, 0.3) is 0 Å². The van der Waals surface area contributed by atoms with Crippen LogP contribution in [0.4, 0.5) is 11.4 Å². The molecule has 20 heavy (non-hydrogen) atoms. The van der Waals surface area contributed by atoms with Crippen LogP contribution in [-0.2, 0) is 0 Å². The Morgan fingerprint density at radius 1 is 1.50 bits per heavy atom. The first kappa shape index (κ1) is 14.3. The van der Waals surface area contributed by atoms with Gasteiger partial charge in [0.05, 0.1) is 10.5 Å². The van der Waals surface area contributed by atoms with E-state index in [4.69, 9.17) is 5.26 Å². The molecule has 0 atom stereocenters. The molecule has 1 saturated carbocycles. The molecule has 1 N–H and O–H groups in total. The number of rotatable bonds is 4. The van der Waals surface area contributed by atoms with Gasteiger partial charge in [0, 0.05) is 25.3 Å². The molecule has 0 aliphatic heterocycles. The van der Waals surface area contributed by atoms with Crippen LogP contribution in [0.15, 0.2) is 18.2 Å². The number of nitro benzene ring substituents is 1. The molecule has 6 heteroatoms. The van der Waals surface area contributed by atoms with Crippen molar-refractivity contribution in [3.05, 3.63) is 33.9 Å². The van der Waals surface area contributed by atoms with Crippen LogP contribution in [0.1, 0.15) is 31.2 Å². The van der Waals surface area contributed by atoms with Gasteiger partial charge in [-0.3, -0.25) is 10.1 Å². The zero-order valence-corrected chi connectivity index (χ0v) is 11.4. The van der Waals surface area contributed by atoms with Crippen molar-refractivity contribution in [2.24, 2.45) is 0 Å². The minimum atomic E-state index is -0.711. The van der Waals surface area contributed by atoms with Crippen LogP contribution in [0.2, 0.25) is 0 Å². The molecular weight excluding hydrogens is 258 g/mol. The Morgan fingerprint density at radius 2 is 2.15 bits per heavy atom. The summed E-state index contributed by atoms with van der Waals surface area (Å²) in [6, 6.07) is 6.32. The molecule has 0 unspecified atom stereocenters. The summed E-state index contributed by atoms with van der Waals surface area (Å²) in [5.41, 5.74) is -0.227. The third kappa shape index (κ3) is 2.89. The van der Waals surface area contributed by atoms with E-state index in [-0.39, 0.29) is 11.3 Å². The molecule has 0 saturated heterocycles. The fraction of sp³-hybridized carbons (Fsp3) is 0.500. The molecule has 0 radical (unpaired) electrons. The lowest BCUT2D eigenvalue weighted by Gasteiger charge is -2.30. The maximum absolute atomic E-state index is 10.9. The van der Waals surface area contributed by atoms with Gasteiger partial charge in [0.2, 0.25) is 0 Å². The van der Waals surface area contributed by atoms with Gasteiger partial charge in [-0.1, -0.05) is 12.8 Å². The van der Waals surface area contributed by atoms with Gasteiger partial charge in [0.15, 0.2) is 0 Å². The molecule has 1 aromatic rings. The van der Waals surface area contributed by atoms with Crippen LogP contribution in [0.3, 0.4) is 0 Å². The SMILES string of the molecule is CN(CC1(O)CCCC1)c1ccc(C#N)c([N+](=O)[O-])c1. The highest BCUT2D eigenvalue weighted by atomic mass is 16.6. The maximum atomic E-state index is 10.9. The van der Waals surface area contributed by atoms with E-state index in [1.807, 2.05) is 6.07 Å². The number of hydrogen-bond donors (Lipinski definition) is 1.